The molecule has 0 bridgehead atoms. The Balaban J connectivity index is 2.11. The molecule has 3 rings (SSSR count). The largest absolute Gasteiger partial charge is 0.419 e. The number of carbonyl (C=O) groups is 1. The summed E-state index contributed by atoms with van der Waals surface area (Å²) in [6, 6.07) is 10.9. The summed E-state index contributed by atoms with van der Waals surface area (Å²) in [6.45, 7) is 5.64. The molecule has 0 aliphatic rings. The van der Waals surface area contributed by atoms with Gasteiger partial charge in [0, 0.05) is 11.1 Å². The van der Waals surface area contributed by atoms with Crippen LogP contribution in [0.3, 0.4) is 0 Å². The number of fused-ring (bicyclic) bond motifs is 1. The van der Waals surface area contributed by atoms with Crippen LogP contribution in [0.4, 0.5) is 0 Å². The maximum absolute atomic E-state index is 12.6. The van der Waals surface area contributed by atoms with Gasteiger partial charge in [0.25, 0.3) is 0 Å². The fraction of sp³-hybridized carbons (Fsp3) is 0.158. The van der Waals surface area contributed by atoms with E-state index in [-0.39, 0.29) is 10.8 Å². The van der Waals surface area contributed by atoms with E-state index < -0.39 is 5.97 Å². The lowest BCUT2D eigenvalue weighted by molar-refractivity contribution is 0.0736. The van der Waals surface area contributed by atoms with Crippen molar-refractivity contribution in [2.75, 3.05) is 0 Å². The van der Waals surface area contributed by atoms with Gasteiger partial charge in [0.05, 0.1) is 15.6 Å². The van der Waals surface area contributed by atoms with Crippen molar-refractivity contribution in [1.29, 1.82) is 0 Å². The van der Waals surface area contributed by atoms with Crippen LogP contribution in [0.1, 0.15) is 27.2 Å². The van der Waals surface area contributed by atoms with E-state index in [0.29, 0.717) is 21.5 Å². The van der Waals surface area contributed by atoms with Crippen molar-refractivity contribution in [3.05, 3.63) is 68.8 Å². The van der Waals surface area contributed by atoms with E-state index in [2.05, 4.69) is 4.98 Å². The summed E-state index contributed by atoms with van der Waals surface area (Å²) in [5.41, 5.74) is 3.58. The molecule has 0 spiro atoms. The van der Waals surface area contributed by atoms with Crippen molar-refractivity contribution in [2.24, 2.45) is 0 Å². The number of esters is 1. The van der Waals surface area contributed by atoms with Gasteiger partial charge in [-0.2, -0.15) is 0 Å². The van der Waals surface area contributed by atoms with Crippen LogP contribution in [0.15, 0.2) is 36.4 Å². The molecule has 0 saturated carbocycles. The topological polar surface area (TPSA) is 39.2 Å². The molecular formula is C19H15Cl2NO2. The molecule has 0 unspecified atom stereocenters. The molecule has 3 nitrogen and oxygen atoms in total. The third kappa shape index (κ3) is 3.10. The molecule has 0 N–H and O–H groups in total. The highest BCUT2D eigenvalue weighted by atomic mass is 35.5. The summed E-state index contributed by atoms with van der Waals surface area (Å²) in [5.74, 6) is -0.240. The van der Waals surface area contributed by atoms with Crippen molar-refractivity contribution in [1.82, 2.24) is 4.98 Å². The average Bonchev–Trinajstić information content (AvgIpc) is 2.53. The number of carbonyl (C=O) groups excluding carboxylic acids is 1. The Bertz CT molecular complexity index is 967. The molecule has 5 heteroatoms. The van der Waals surface area contributed by atoms with Crippen LogP contribution in [0, 0.1) is 20.8 Å². The number of benzene rings is 2. The van der Waals surface area contributed by atoms with Crippen LogP contribution >= 0.6 is 23.2 Å². The minimum atomic E-state index is -0.468. The first-order chi connectivity index (χ1) is 11.4. The van der Waals surface area contributed by atoms with Gasteiger partial charge < -0.3 is 4.74 Å². The van der Waals surface area contributed by atoms with E-state index in [0.717, 1.165) is 16.8 Å². The Kier molecular flexibility index (Phi) is 4.48. The Morgan fingerprint density at radius 3 is 2.50 bits per heavy atom. The minimum Gasteiger partial charge on any atom is -0.419 e. The molecule has 0 radical (unpaired) electrons. The molecule has 122 valence electrons. The van der Waals surface area contributed by atoms with Crippen molar-refractivity contribution in [3.8, 4) is 5.75 Å². The Labute approximate surface area is 150 Å². The number of halogens is 2. The fourth-order valence-electron chi connectivity index (χ4n) is 2.49. The lowest BCUT2D eigenvalue weighted by atomic mass is 10.1. The second kappa shape index (κ2) is 6.42. The summed E-state index contributed by atoms with van der Waals surface area (Å²) in [5, 5.41) is 1.41. The molecule has 0 atom stereocenters. The second-order valence-electron chi connectivity index (χ2n) is 5.73. The fourth-order valence-corrected chi connectivity index (χ4v) is 3.05. The number of rotatable bonds is 2. The van der Waals surface area contributed by atoms with Gasteiger partial charge in [-0.25, -0.2) is 9.78 Å². The number of aromatic nitrogens is 1. The van der Waals surface area contributed by atoms with E-state index in [1.165, 1.54) is 0 Å². The molecule has 1 aromatic heterocycles. The Morgan fingerprint density at radius 1 is 1.00 bits per heavy atom. The number of ether oxygens (including phenoxy) is 1. The van der Waals surface area contributed by atoms with Gasteiger partial charge >= 0.3 is 5.97 Å². The van der Waals surface area contributed by atoms with Gasteiger partial charge in [0.2, 0.25) is 0 Å². The summed E-state index contributed by atoms with van der Waals surface area (Å²) in [6.07, 6.45) is 0. The van der Waals surface area contributed by atoms with Gasteiger partial charge in [0.1, 0.15) is 5.52 Å². The van der Waals surface area contributed by atoms with E-state index in [1.54, 1.807) is 12.1 Å². The summed E-state index contributed by atoms with van der Waals surface area (Å²) >= 11 is 12.5. The van der Waals surface area contributed by atoms with E-state index >= 15 is 0 Å². The van der Waals surface area contributed by atoms with Gasteiger partial charge in [-0.1, -0.05) is 40.9 Å². The van der Waals surface area contributed by atoms with Crippen LogP contribution < -0.4 is 4.74 Å². The van der Waals surface area contributed by atoms with Crippen molar-refractivity contribution < 1.29 is 9.53 Å². The van der Waals surface area contributed by atoms with Gasteiger partial charge in [-0.3, -0.25) is 0 Å². The van der Waals surface area contributed by atoms with E-state index in [1.807, 2.05) is 45.0 Å². The predicted molar refractivity (Wildman–Crippen MR) is 97.4 cm³/mol. The molecule has 1 heterocycles. The molecule has 0 aliphatic carbocycles. The van der Waals surface area contributed by atoms with Gasteiger partial charge in [-0.15, -0.1) is 0 Å². The molecular weight excluding hydrogens is 345 g/mol. The highest BCUT2D eigenvalue weighted by Crippen LogP contribution is 2.37. The second-order valence-corrected chi connectivity index (χ2v) is 6.54. The molecule has 0 saturated heterocycles. The lowest BCUT2D eigenvalue weighted by Gasteiger charge is -2.12. The van der Waals surface area contributed by atoms with Crippen molar-refractivity contribution in [3.63, 3.8) is 0 Å². The molecule has 0 aliphatic heterocycles. The van der Waals surface area contributed by atoms with Crippen LogP contribution in [-0.4, -0.2) is 11.0 Å². The molecule has 2 aromatic carbocycles. The third-order valence-corrected chi connectivity index (χ3v) is 4.38. The van der Waals surface area contributed by atoms with Crippen LogP contribution in [-0.2, 0) is 0 Å². The van der Waals surface area contributed by atoms with E-state index in [9.17, 15) is 4.79 Å². The first kappa shape index (κ1) is 16.7. The quantitative estimate of drug-likeness (QED) is 0.436. The molecule has 0 fully saturated rings. The van der Waals surface area contributed by atoms with Crippen LogP contribution in [0.25, 0.3) is 10.9 Å². The average molecular weight is 360 g/mol. The molecule has 24 heavy (non-hydrogen) atoms. The highest BCUT2D eigenvalue weighted by Gasteiger charge is 2.18. The third-order valence-electron chi connectivity index (χ3n) is 3.78. The highest BCUT2D eigenvalue weighted by molar-refractivity contribution is 6.39. The maximum Gasteiger partial charge on any atom is 0.343 e. The molecule has 0 amide bonds. The number of nitrogens with zero attached hydrogens (tertiary/aromatic N) is 1. The van der Waals surface area contributed by atoms with Crippen LogP contribution in [0.5, 0.6) is 5.75 Å². The summed E-state index contributed by atoms with van der Waals surface area (Å²) in [7, 11) is 0. The van der Waals surface area contributed by atoms with Crippen LogP contribution in [0.2, 0.25) is 10.0 Å². The van der Waals surface area contributed by atoms with Crippen molar-refractivity contribution >= 4 is 40.1 Å². The smallest absolute Gasteiger partial charge is 0.343 e. The standard InChI is InChI=1S/C19H15Cl2NO2/c1-10-4-5-11(2)14(8-10)19(23)24-18-16(21)9-15(20)13-7-6-12(3)22-17(13)18/h4-9H,1-3H3. The maximum atomic E-state index is 12.6. The van der Waals surface area contributed by atoms with Gasteiger partial charge in [-0.05, 0) is 50.6 Å². The zero-order chi connectivity index (χ0) is 17.4. The molecule has 3 aromatic rings. The van der Waals surface area contributed by atoms with Gasteiger partial charge in [0.15, 0.2) is 5.75 Å². The number of aryl methyl sites for hydroxylation is 3. The SMILES string of the molecule is Cc1ccc(C)c(C(=O)Oc2c(Cl)cc(Cl)c3ccc(C)nc23)c1. The first-order valence-electron chi connectivity index (χ1n) is 7.41. The normalized spacial score (nSPS) is 10.9. The zero-order valence-corrected chi connectivity index (χ0v) is 15.0. The monoisotopic (exact) mass is 359 g/mol. The number of hydrogen-bond acceptors (Lipinski definition) is 3. The first-order valence-corrected chi connectivity index (χ1v) is 8.17. The Morgan fingerprint density at radius 2 is 1.75 bits per heavy atom. The number of pyridine rings is 1. The lowest BCUT2D eigenvalue weighted by Crippen LogP contribution is -2.11. The summed E-state index contributed by atoms with van der Waals surface area (Å²) in [4.78, 5) is 17.0. The minimum absolute atomic E-state index is 0.227. The van der Waals surface area contributed by atoms with E-state index in [4.69, 9.17) is 27.9 Å². The number of hydrogen-bond donors (Lipinski definition) is 0. The summed E-state index contributed by atoms with van der Waals surface area (Å²) < 4.78 is 5.60. The zero-order valence-electron chi connectivity index (χ0n) is 13.5. The van der Waals surface area contributed by atoms with Crippen molar-refractivity contribution in [2.45, 2.75) is 20.8 Å². The Hall–Kier alpha value is -2.10. The predicted octanol–water partition coefficient (Wildman–Crippen LogP) is 5.69.